The fourth-order valence-corrected chi connectivity index (χ4v) is 10.1. The molecule has 3 N–H and O–H groups in total. The monoisotopic (exact) mass is 730 g/mol. The summed E-state index contributed by atoms with van der Waals surface area (Å²) in [5.74, 6) is 3.46. The highest BCUT2D eigenvalue weighted by molar-refractivity contribution is 5.99. The highest BCUT2D eigenvalue weighted by Gasteiger charge is 2.51. The fourth-order valence-electron chi connectivity index (χ4n) is 10.1. The average Bonchev–Trinajstić information content (AvgIpc) is 3.14. The van der Waals surface area contributed by atoms with Gasteiger partial charge in [-0.25, -0.2) is 4.98 Å². The third-order valence-electron chi connectivity index (χ3n) is 12.1. The summed E-state index contributed by atoms with van der Waals surface area (Å²) in [5.41, 5.74) is 4.05. The van der Waals surface area contributed by atoms with Crippen LogP contribution in [0, 0.1) is 30.1 Å². The fraction of sp³-hybridized carbons (Fsp3) is 0.452. The molecule has 2 amide bonds. The van der Waals surface area contributed by atoms with Crippen molar-refractivity contribution in [3.8, 4) is 11.4 Å². The van der Waals surface area contributed by atoms with Crippen LogP contribution in [0.15, 0.2) is 72.2 Å². The van der Waals surface area contributed by atoms with Crippen LogP contribution in [0.4, 0.5) is 23.0 Å². The number of hydrogen-bond acceptors (Lipinski definition) is 9. The van der Waals surface area contributed by atoms with E-state index < -0.39 is 0 Å². The maximum atomic E-state index is 13.3. The summed E-state index contributed by atoms with van der Waals surface area (Å²) in [7, 11) is 1.64. The highest BCUT2D eigenvalue weighted by atomic mass is 16.5. The summed E-state index contributed by atoms with van der Waals surface area (Å²) < 4.78 is 7.32. The van der Waals surface area contributed by atoms with Crippen molar-refractivity contribution in [3.05, 3.63) is 83.3 Å². The van der Waals surface area contributed by atoms with Crippen molar-refractivity contribution in [2.24, 2.45) is 23.2 Å². The summed E-state index contributed by atoms with van der Waals surface area (Å²) in [6.07, 6.45) is 11.7. The van der Waals surface area contributed by atoms with Gasteiger partial charge in [0.2, 0.25) is 17.8 Å². The molecule has 54 heavy (non-hydrogen) atoms. The van der Waals surface area contributed by atoms with Crippen LogP contribution >= 0.6 is 0 Å². The van der Waals surface area contributed by atoms with Crippen LogP contribution in [-0.2, 0) is 9.59 Å². The number of fused-ring (bicyclic) bond motifs is 1. The molecule has 4 aromatic rings. The van der Waals surface area contributed by atoms with Crippen molar-refractivity contribution in [2.75, 3.05) is 61.9 Å². The molecule has 0 radical (unpaired) electrons. The van der Waals surface area contributed by atoms with Gasteiger partial charge in [0, 0.05) is 80.8 Å². The number of methoxy groups -OCH3 is 1. The molecule has 0 atom stereocenters. The first-order valence-electron chi connectivity index (χ1n) is 19.3. The summed E-state index contributed by atoms with van der Waals surface area (Å²) >= 11 is 0. The molecule has 5 aliphatic rings. The Labute approximate surface area is 316 Å². The lowest BCUT2D eigenvalue weighted by atomic mass is 9.49. The molecule has 12 nitrogen and oxygen atoms in total. The minimum absolute atomic E-state index is 0.246. The Morgan fingerprint density at radius 2 is 1.72 bits per heavy atom. The van der Waals surface area contributed by atoms with E-state index in [0.29, 0.717) is 41.0 Å². The van der Waals surface area contributed by atoms with Crippen LogP contribution in [-0.4, -0.2) is 77.6 Å². The number of nitrogens with zero attached hydrogens (tertiary/aromatic N) is 5. The molecule has 9 rings (SSSR count). The van der Waals surface area contributed by atoms with Gasteiger partial charge in [0.25, 0.3) is 5.56 Å². The molecule has 2 aromatic carbocycles. The van der Waals surface area contributed by atoms with Crippen molar-refractivity contribution in [3.63, 3.8) is 0 Å². The van der Waals surface area contributed by atoms with Gasteiger partial charge in [-0.2, -0.15) is 4.98 Å². The standard InChI is InChI=1S/C42H50N8O4/c1-4-37(51)45-31-6-5-7-33(20-31)50-39(53)16-27(2)34-26-44-41(47-40(34)50)46-35-9-8-32(21-36(35)54-3)49-14-12-48(13-15-49)11-10-43-38(52)25-42-22-28-17-29(23-42)19-30(18-28)24-42/h4-9,16,20-21,26,28-30H,1,10-15,17-19,22-25H2,2-3H3,(H,43,52)(H,45,51)(H,44,46,47). The van der Waals surface area contributed by atoms with Crippen LogP contribution in [0.2, 0.25) is 0 Å². The number of benzene rings is 2. The number of nitrogens with one attached hydrogen (secondary N) is 3. The van der Waals surface area contributed by atoms with E-state index in [1.807, 2.05) is 19.1 Å². The van der Waals surface area contributed by atoms with Crippen molar-refractivity contribution < 1.29 is 14.3 Å². The van der Waals surface area contributed by atoms with Gasteiger partial charge < -0.3 is 25.6 Å². The zero-order valence-corrected chi connectivity index (χ0v) is 31.3. The second kappa shape index (κ2) is 14.9. The maximum absolute atomic E-state index is 13.3. The summed E-state index contributed by atoms with van der Waals surface area (Å²) in [4.78, 5) is 52.4. The molecular formula is C42H50N8O4. The minimum Gasteiger partial charge on any atom is -0.494 e. The lowest BCUT2D eigenvalue weighted by Gasteiger charge is -2.56. The SMILES string of the molecule is C=CC(=O)Nc1cccc(-n2c(=O)cc(C)c3cnc(Nc4ccc(N5CCN(CCNC(=O)CC67CC8CC(CC(C8)C6)C7)CC5)cc4OC)nc32)c1. The molecule has 282 valence electrons. The number of carbonyl (C=O) groups is 2. The number of amides is 2. The zero-order chi connectivity index (χ0) is 37.4. The Kier molecular flexibility index (Phi) is 9.87. The number of ether oxygens (including phenoxy) is 1. The summed E-state index contributed by atoms with van der Waals surface area (Å²) in [6, 6.07) is 14.6. The van der Waals surface area contributed by atoms with Crippen LogP contribution in [0.3, 0.4) is 0 Å². The Hall–Kier alpha value is -5.23. The molecular weight excluding hydrogens is 681 g/mol. The average molecular weight is 731 g/mol. The van der Waals surface area contributed by atoms with E-state index in [2.05, 4.69) is 43.4 Å². The summed E-state index contributed by atoms with van der Waals surface area (Å²) in [5, 5.41) is 10.0. The van der Waals surface area contributed by atoms with Crippen molar-refractivity contribution in [1.29, 1.82) is 0 Å². The number of anilines is 4. The number of hydrogen-bond donors (Lipinski definition) is 3. The molecule has 0 spiro atoms. The van der Waals surface area contributed by atoms with Gasteiger partial charge in [-0.1, -0.05) is 12.6 Å². The largest absolute Gasteiger partial charge is 0.494 e. The van der Waals surface area contributed by atoms with Gasteiger partial charge in [-0.05, 0) is 111 Å². The van der Waals surface area contributed by atoms with Gasteiger partial charge in [-0.15, -0.1) is 0 Å². The van der Waals surface area contributed by atoms with Gasteiger partial charge in [0.1, 0.15) is 5.75 Å². The van der Waals surface area contributed by atoms with Gasteiger partial charge in [0.15, 0.2) is 5.65 Å². The molecule has 5 fully saturated rings. The third kappa shape index (κ3) is 7.44. The predicted octanol–water partition coefficient (Wildman–Crippen LogP) is 5.81. The molecule has 1 saturated heterocycles. The van der Waals surface area contributed by atoms with Crippen molar-refractivity contribution in [1.82, 2.24) is 24.8 Å². The van der Waals surface area contributed by atoms with E-state index in [4.69, 9.17) is 9.72 Å². The van der Waals surface area contributed by atoms with Gasteiger partial charge >= 0.3 is 0 Å². The summed E-state index contributed by atoms with van der Waals surface area (Å²) in [6.45, 7) is 10.5. The number of aromatic nitrogens is 3. The van der Waals surface area contributed by atoms with Crippen molar-refractivity contribution >= 4 is 45.9 Å². The third-order valence-corrected chi connectivity index (χ3v) is 12.1. The molecule has 4 saturated carbocycles. The molecule has 2 aromatic heterocycles. The molecule has 0 unspecified atom stereocenters. The smallest absolute Gasteiger partial charge is 0.257 e. The Morgan fingerprint density at radius 3 is 2.43 bits per heavy atom. The number of pyridine rings is 1. The van der Waals surface area contributed by atoms with E-state index in [9.17, 15) is 14.4 Å². The van der Waals surface area contributed by atoms with E-state index in [1.165, 1.54) is 49.2 Å². The Balaban J connectivity index is 0.891. The van der Waals surface area contributed by atoms with Crippen molar-refractivity contribution in [2.45, 2.75) is 51.9 Å². The minimum atomic E-state index is -0.344. The van der Waals surface area contributed by atoms with Crippen LogP contribution in [0.1, 0.15) is 50.5 Å². The normalized spacial score (nSPS) is 23.3. The van der Waals surface area contributed by atoms with Gasteiger partial charge in [-0.3, -0.25) is 23.9 Å². The number of carbonyl (C=O) groups excluding carboxylic acids is 2. The first-order valence-corrected chi connectivity index (χ1v) is 19.3. The molecule has 12 heteroatoms. The quantitative estimate of drug-likeness (QED) is 0.155. The Bertz CT molecular complexity index is 2100. The van der Waals surface area contributed by atoms with Crippen LogP contribution < -0.4 is 31.1 Å². The first-order chi connectivity index (χ1) is 26.2. The second-order valence-electron chi connectivity index (χ2n) is 16.0. The van der Waals surface area contributed by atoms with E-state index in [-0.39, 0.29) is 22.8 Å². The number of piperazine rings is 1. The van der Waals surface area contributed by atoms with E-state index >= 15 is 0 Å². The predicted molar refractivity (Wildman–Crippen MR) is 212 cm³/mol. The molecule has 3 heterocycles. The first kappa shape index (κ1) is 35.8. The second-order valence-corrected chi connectivity index (χ2v) is 16.0. The topological polar surface area (TPSA) is 134 Å². The molecule has 1 aliphatic heterocycles. The Morgan fingerprint density at radius 1 is 0.981 bits per heavy atom. The number of rotatable bonds is 12. The molecule has 4 bridgehead atoms. The van der Waals surface area contributed by atoms with Crippen LogP contribution in [0.5, 0.6) is 5.75 Å². The lowest BCUT2D eigenvalue weighted by Crippen LogP contribution is -2.50. The van der Waals surface area contributed by atoms with E-state index in [1.54, 1.807) is 43.6 Å². The van der Waals surface area contributed by atoms with Crippen LogP contribution in [0.25, 0.3) is 16.7 Å². The molecule has 4 aliphatic carbocycles. The zero-order valence-electron chi connectivity index (χ0n) is 31.3. The maximum Gasteiger partial charge on any atom is 0.257 e. The number of aryl methyl sites for hydroxylation is 1. The van der Waals surface area contributed by atoms with E-state index in [0.717, 1.165) is 73.5 Å². The van der Waals surface area contributed by atoms with Gasteiger partial charge in [0.05, 0.1) is 18.5 Å². The lowest BCUT2D eigenvalue weighted by molar-refractivity contribution is -0.129. The highest BCUT2D eigenvalue weighted by Crippen LogP contribution is 2.61.